The van der Waals surface area contributed by atoms with Crippen LogP contribution in [0, 0.1) is 11.8 Å². The summed E-state index contributed by atoms with van der Waals surface area (Å²) >= 11 is 1.28. The van der Waals surface area contributed by atoms with Gasteiger partial charge >= 0.3 is 0 Å². The summed E-state index contributed by atoms with van der Waals surface area (Å²) in [5.41, 5.74) is 11.9. The number of piperidine rings is 1. The molecule has 1 aliphatic rings. The molecule has 1 fully saturated rings. The van der Waals surface area contributed by atoms with Crippen LogP contribution in [0.2, 0.25) is 0 Å². The molecule has 0 saturated carbocycles. The maximum Gasteiger partial charge on any atom is 0.253 e. The van der Waals surface area contributed by atoms with E-state index in [1.807, 2.05) is 0 Å². The number of carbonyl (C=O) groups is 2. The maximum absolute atomic E-state index is 11.7. The van der Waals surface area contributed by atoms with E-state index >= 15 is 0 Å². The summed E-state index contributed by atoms with van der Waals surface area (Å²) in [6.07, 6.45) is 1.17. The van der Waals surface area contributed by atoms with Crippen molar-refractivity contribution in [1.29, 1.82) is 0 Å². The minimum absolute atomic E-state index is 0.126. The lowest BCUT2D eigenvalue weighted by Crippen LogP contribution is -2.39. The Morgan fingerprint density at radius 2 is 1.80 bits per heavy atom. The summed E-state index contributed by atoms with van der Waals surface area (Å²) in [4.78, 5) is 25.9. The molecule has 2 heterocycles. The van der Waals surface area contributed by atoms with Gasteiger partial charge in [0.05, 0.1) is 16.1 Å². The van der Waals surface area contributed by atoms with Gasteiger partial charge in [-0.1, -0.05) is 13.8 Å². The number of hydrogen-bond donors (Lipinski definition) is 2. The first kappa shape index (κ1) is 14.8. The first-order chi connectivity index (χ1) is 9.31. The van der Waals surface area contributed by atoms with Crippen molar-refractivity contribution in [2.75, 3.05) is 23.7 Å². The van der Waals surface area contributed by atoms with Gasteiger partial charge in [-0.05, 0) is 18.3 Å². The molecule has 0 radical (unpaired) electrons. The van der Waals surface area contributed by atoms with Crippen LogP contribution < -0.4 is 16.4 Å². The number of amides is 1. The molecule has 1 amide bonds. The van der Waals surface area contributed by atoms with E-state index in [4.69, 9.17) is 11.5 Å². The van der Waals surface area contributed by atoms with E-state index in [0.717, 1.165) is 18.1 Å². The number of nitrogens with two attached hydrogens (primary N) is 2. The number of nitrogen functional groups attached to an aromatic ring is 1. The van der Waals surface area contributed by atoms with Crippen LogP contribution >= 0.6 is 11.3 Å². The summed E-state index contributed by atoms with van der Waals surface area (Å²) in [5, 5.41) is 0.749. The lowest BCUT2D eigenvalue weighted by molar-refractivity contribution is 0.100. The van der Waals surface area contributed by atoms with Gasteiger partial charge in [-0.15, -0.1) is 11.3 Å². The number of anilines is 2. The van der Waals surface area contributed by atoms with Gasteiger partial charge in [-0.25, -0.2) is 0 Å². The van der Waals surface area contributed by atoms with E-state index in [0.29, 0.717) is 22.3 Å². The molecule has 1 saturated heterocycles. The Hall–Kier alpha value is -1.56. The molecule has 0 spiro atoms. The minimum Gasteiger partial charge on any atom is -0.397 e. The first-order valence-corrected chi connectivity index (χ1v) is 7.60. The number of carbonyl (C=O) groups excluding carboxylic acids is 2. The largest absolute Gasteiger partial charge is 0.397 e. The molecule has 110 valence electrons. The van der Waals surface area contributed by atoms with Gasteiger partial charge < -0.3 is 16.4 Å². The van der Waals surface area contributed by atoms with Gasteiger partial charge in [0.25, 0.3) is 5.91 Å². The summed E-state index contributed by atoms with van der Waals surface area (Å²) in [7, 11) is 0. The summed E-state index contributed by atoms with van der Waals surface area (Å²) in [5.74, 6) is 0.402. The molecule has 2 atom stereocenters. The van der Waals surface area contributed by atoms with Gasteiger partial charge in [0.2, 0.25) is 0 Å². The number of ketones is 1. The van der Waals surface area contributed by atoms with Crippen molar-refractivity contribution in [3.8, 4) is 0 Å². The van der Waals surface area contributed by atoms with Crippen LogP contribution in [0.25, 0.3) is 0 Å². The number of primary amides is 1. The quantitative estimate of drug-likeness (QED) is 0.836. The third kappa shape index (κ3) is 2.65. The topological polar surface area (TPSA) is 89.4 Å². The Morgan fingerprint density at radius 1 is 1.25 bits per heavy atom. The monoisotopic (exact) mass is 295 g/mol. The first-order valence-electron chi connectivity index (χ1n) is 6.79. The van der Waals surface area contributed by atoms with E-state index in [9.17, 15) is 9.59 Å². The van der Waals surface area contributed by atoms with Crippen molar-refractivity contribution in [3.05, 3.63) is 10.4 Å². The van der Waals surface area contributed by atoms with Gasteiger partial charge in [0, 0.05) is 20.0 Å². The number of Topliss-reactive ketones (excluding diaryl/α,β-unsaturated/α-hetero) is 1. The van der Waals surface area contributed by atoms with E-state index in [2.05, 4.69) is 18.7 Å². The van der Waals surface area contributed by atoms with Crippen molar-refractivity contribution in [2.24, 2.45) is 17.6 Å². The fourth-order valence-corrected chi connectivity index (χ4v) is 4.12. The lowest BCUT2D eigenvalue weighted by atomic mass is 9.92. The molecule has 0 aromatic carbocycles. The highest BCUT2D eigenvalue weighted by atomic mass is 32.1. The third-order valence-electron chi connectivity index (χ3n) is 3.65. The zero-order chi connectivity index (χ0) is 15.0. The molecule has 0 bridgehead atoms. The van der Waals surface area contributed by atoms with Crippen molar-refractivity contribution >= 4 is 33.7 Å². The maximum atomic E-state index is 11.7. The summed E-state index contributed by atoms with van der Waals surface area (Å²) < 4.78 is 0. The number of rotatable bonds is 3. The fraction of sp³-hybridized carbons (Fsp3) is 0.571. The van der Waals surface area contributed by atoms with Crippen LogP contribution in [0.4, 0.5) is 10.7 Å². The Labute approximate surface area is 122 Å². The molecule has 1 aliphatic heterocycles. The Balaban J connectivity index is 2.47. The third-order valence-corrected chi connectivity index (χ3v) is 5.02. The van der Waals surface area contributed by atoms with Crippen molar-refractivity contribution in [1.82, 2.24) is 0 Å². The van der Waals surface area contributed by atoms with Crippen molar-refractivity contribution < 1.29 is 9.59 Å². The van der Waals surface area contributed by atoms with Crippen LogP contribution in [0.1, 0.15) is 47.2 Å². The van der Waals surface area contributed by atoms with Gasteiger partial charge in [-0.2, -0.15) is 0 Å². The molecule has 1 aromatic rings. The molecule has 4 N–H and O–H groups in total. The average Bonchev–Trinajstić information content (AvgIpc) is 2.65. The second-order valence-corrected chi connectivity index (χ2v) is 6.80. The highest BCUT2D eigenvalue weighted by Gasteiger charge is 2.29. The van der Waals surface area contributed by atoms with Crippen molar-refractivity contribution in [3.63, 3.8) is 0 Å². The number of nitrogens with zero attached hydrogens (tertiary/aromatic N) is 1. The molecule has 1 aromatic heterocycles. The molecule has 20 heavy (non-hydrogen) atoms. The zero-order valence-corrected chi connectivity index (χ0v) is 12.9. The fourth-order valence-electron chi connectivity index (χ4n) is 2.98. The Bertz CT molecular complexity index is 543. The molecule has 2 rings (SSSR count). The zero-order valence-electron chi connectivity index (χ0n) is 12.1. The number of hydrogen-bond acceptors (Lipinski definition) is 5. The van der Waals surface area contributed by atoms with E-state index < -0.39 is 5.91 Å². The standard InChI is InChI=1S/C14H21N3O2S/c1-7-4-8(2)6-17(5-7)14-10(13(16)19)11(15)12(20-14)9(3)18/h7-8H,4-6,15H2,1-3H3,(H2,16,19). The van der Waals surface area contributed by atoms with E-state index in [1.54, 1.807) is 0 Å². The van der Waals surface area contributed by atoms with Crippen LogP contribution in [-0.2, 0) is 0 Å². The Kier molecular flexibility index (Phi) is 4.04. The highest BCUT2D eigenvalue weighted by Crippen LogP contribution is 2.40. The molecule has 5 nitrogen and oxygen atoms in total. The predicted molar refractivity (Wildman–Crippen MR) is 82.4 cm³/mol. The normalized spacial score (nSPS) is 22.9. The van der Waals surface area contributed by atoms with Crippen LogP contribution in [0.15, 0.2) is 0 Å². The smallest absolute Gasteiger partial charge is 0.253 e. The van der Waals surface area contributed by atoms with Gasteiger partial charge in [-0.3, -0.25) is 9.59 Å². The summed E-state index contributed by atoms with van der Waals surface area (Å²) in [6, 6.07) is 0. The van der Waals surface area contributed by atoms with Crippen LogP contribution in [-0.4, -0.2) is 24.8 Å². The van der Waals surface area contributed by atoms with Crippen molar-refractivity contribution in [2.45, 2.75) is 27.2 Å². The molecule has 0 aliphatic carbocycles. The van der Waals surface area contributed by atoms with E-state index in [-0.39, 0.29) is 11.5 Å². The minimum atomic E-state index is -0.563. The van der Waals surface area contributed by atoms with Crippen LogP contribution in [0.5, 0.6) is 0 Å². The second-order valence-electron chi connectivity index (χ2n) is 5.80. The second kappa shape index (κ2) is 5.44. The van der Waals surface area contributed by atoms with Gasteiger partial charge in [0.1, 0.15) is 5.00 Å². The molecule has 2 unspecified atom stereocenters. The SMILES string of the molecule is CC(=O)c1sc(N2CC(C)CC(C)C2)c(C(N)=O)c1N. The highest BCUT2D eigenvalue weighted by molar-refractivity contribution is 7.19. The van der Waals surface area contributed by atoms with Crippen LogP contribution in [0.3, 0.4) is 0 Å². The Morgan fingerprint density at radius 3 is 2.25 bits per heavy atom. The molecular formula is C14H21N3O2S. The average molecular weight is 295 g/mol. The van der Waals surface area contributed by atoms with E-state index in [1.165, 1.54) is 24.7 Å². The van der Waals surface area contributed by atoms with Gasteiger partial charge in [0.15, 0.2) is 5.78 Å². The number of thiophene rings is 1. The summed E-state index contributed by atoms with van der Waals surface area (Å²) in [6.45, 7) is 7.56. The molecular weight excluding hydrogens is 274 g/mol. The lowest BCUT2D eigenvalue weighted by Gasteiger charge is -2.36. The molecule has 6 heteroatoms. The predicted octanol–water partition coefficient (Wildman–Crippen LogP) is 2.11.